The van der Waals surface area contributed by atoms with Gasteiger partial charge in [0.1, 0.15) is 23.7 Å². The molecular weight excluding hydrogens is 612 g/mol. The highest BCUT2D eigenvalue weighted by molar-refractivity contribution is 8.00. The summed E-state index contributed by atoms with van der Waals surface area (Å²) in [6, 6.07) is 21.8. The molecule has 236 valence electrons. The first-order valence-electron chi connectivity index (χ1n) is 14.2. The average molecular weight is 643 g/mol. The van der Waals surface area contributed by atoms with Gasteiger partial charge in [0.25, 0.3) is 0 Å². The lowest BCUT2D eigenvalue weighted by molar-refractivity contribution is -0.153. The van der Waals surface area contributed by atoms with Crippen LogP contribution in [-0.2, 0) is 28.7 Å². The number of amides is 1. The maximum absolute atomic E-state index is 13.8. The lowest BCUT2D eigenvalue weighted by Gasteiger charge is -2.48. The summed E-state index contributed by atoms with van der Waals surface area (Å²) in [6.07, 6.45) is 2.42. The summed E-state index contributed by atoms with van der Waals surface area (Å²) in [4.78, 5) is 63.6. The number of esters is 4. The molecule has 0 aromatic heterocycles. The summed E-state index contributed by atoms with van der Waals surface area (Å²) >= 11 is 1.42. The predicted octanol–water partition coefficient (Wildman–Crippen LogP) is 4.08. The molecule has 2 unspecified atom stereocenters. The fraction of sp³-hybridized carbons (Fsp3) is 0.206. The fourth-order valence-electron chi connectivity index (χ4n) is 4.91. The van der Waals surface area contributed by atoms with Crippen LogP contribution in [-0.4, -0.2) is 58.5 Å². The number of benzene rings is 3. The summed E-state index contributed by atoms with van der Waals surface area (Å²) < 4.78 is 21.5. The van der Waals surface area contributed by atoms with E-state index in [9.17, 15) is 24.0 Å². The van der Waals surface area contributed by atoms with Crippen molar-refractivity contribution in [2.24, 2.45) is 5.73 Å². The Balaban J connectivity index is 1.35. The third-order valence-electron chi connectivity index (χ3n) is 6.98. The van der Waals surface area contributed by atoms with Crippen LogP contribution in [0.5, 0.6) is 11.5 Å². The molecule has 2 heterocycles. The maximum Gasteiger partial charge on any atom is 0.356 e. The zero-order chi connectivity index (χ0) is 32.8. The summed E-state index contributed by atoms with van der Waals surface area (Å²) in [5, 5.41) is -0.404. The normalized spacial score (nSPS) is 17.3. The van der Waals surface area contributed by atoms with E-state index in [1.165, 1.54) is 54.8 Å². The van der Waals surface area contributed by atoms with Gasteiger partial charge in [-0.25, -0.2) is 9.59 Å². The highest BCUT2D eigenvalue weighted by atomic mass is 32.2. The zero-order valence-corrected chi connectivity index (χ0v) is 25.7. The van der Waals surface area contributed by atoms with E-state index in [-0.39, 0.29) is 29.4 Å². The first-order valence-corrected chi connectivity index (χ1v) is 15.3. The number of nitrogens with zero attached hydrogens (tertiary/aromatic N) is 1. The third kappa shape index (κ3) is 7.19. The van der Waals surface area contributed by atoms with Crippen LogP contribution in [0.2, 0.25) is 0 Å². The van der Waals surface area contributed by atoms with Crippen molar-refractivity contribution in [2.75, 3.05) is 12.4 Å². The molecule has 2 aliphatic heterocycles. The molecule has 0 spiro atoms. The summed E-state index contributed by atoms with van der Waals surface area (Å²) in [6.45, 7) is 2.18. The van der Waals surface area contributed by atoms with Crippen molar-refractivity contribution in [1.82, 2.24) is 4.90 Å². The van der Waals surface area contributed by atoms with Crippen LogP contribution in [0.15, 0.2) is 102 Å². The van der Waals surface area contributed by atoms with Gasteiger partial charge in [-0.3, -0.25) is 19.3 Å². The minimum atomic E-state index is -0.739. The monoisotopic (exact) mass is 642 g/mol. The minimum absolute atomic E-state index is 0.0272. The molecule has 12 heteroatoms. The first-order chi connectivity index (χ1) is 22.1. The number of carbonyl (C=O) groups excluding carboxylic acids is 5. The quantitative estimate of drug-likeness (QED) is 0.194. The van der Waals surface area contributed by atoms with Gasteiger partial charge in [0, 0.05) is 19.6 Å². The van der Waals surface area contributed by atoms with Crippen LogP contribution in [0.3, 0.4) is 0 Å². The molecule has 1 fully saturated rings. The second-order valence-electron chi connectivity index (χ2n) is 10.3. The number of hydrogen-bond donors (Lipinski definition) is 1. The molecular formula is C34H30N2O9S. The third-order valence-corrected chi connectivity index (χ3v) is 8.30. The molecule has 0 radical (unpaired) electrons. The zero-order valence-electron chi connectivity index (χ0n) is 24.9. The summed E-state index contributed by atoms with van der Waals surface area (Å²) in [5.74, 6) is -2.90. The molecule has 1 amide bonds. The number of nitrogens with two attached hydrogens (primary N) is 1. The molecule has 1 saturated heterocycles. The smallest absolute Gasteiger partial charge is 0.356 e. The molecule has 2 atom stereocenters. The second-order valence-corrected chi connectivity index (χ2v) is 11.4. The standard InChI is InChI=1S/C34H30N2O9S/c1-20(37)43-26-16-15-24(18-27(26)44-21(2)38)33(40)42-17-9-14-25-19-46-32-28(35)31(39)36(32)29(25)34(41)45-30(22-10-5-3-6-11-22)23-12-7-4-8-13-23/h3-16,18,28,30,32H,17,19,35H2,1-2H3/b14-9+. The Bertz CT molecular complexity index is 1680. The number of carbonyl (C=O) groups is 5. The van der Waals surface area contributed by atoms with Crippen molar-refractivity contribution in [3.63, 3.8) is 0 Å². The van der Waals surface area contributed by atoms with Gasteiger partial charge < -0.3 is 24.7 Å². The molecule has 0 aliphatic carbocycles. The van der Waals surface area contributed by atoms with Crippen molar-refractivity contribution < 1.29 is 42.9 Å². The first kappa shape index (κ1) is 32.2. The molecule has 3 aromatic rings. The van der Waals surface area contributed by atoms with Crippen LogP contribution in [0, 0.1) is 0 Å². The van der Waals surface area contributed by atoms with Gasteiger partial charge >= 0.3 is 23.9 Å². The van der Waals surface area contributed by atoms with Crippen molar-refractivity contribution in [3.05, 3.63) is 119 Å². The predicted molar refractivity (Wildman–Crippen MR) is 167 cm³/mol. The lowest BCUT2D eigenvalue weighted by atomic mass is 10.0. The van der Waals surface area contributed by atoms with Gasteiger partial charge in [0.2, 0.25) is 5.91 Å². The molecule has 2 aliphatic rings. The number of hydrogen-bond acceptors (Lipinski definition) is 11. The molecule has 2 N–H and O–H groups in total. The number of β-lactam (4-membered cyclic amide) rings is 1. The van der Waals surface area contributed by atoms with Crippen molar-refractivity contribution >= 4 is 41.5 Å². The van der Waals surface area contributed by atoms with Crippen LogP contribution < -0.4 is 15.2 Å². The molecule has 0 saturated carbocycles. The highest BCUT2D eigenvalue weighted by Gasteiger charge is 2.52. The average Bonchev–Trinajstić information content (AvgIpc) is 3.05. The topological polar surface area (TPSA) is 152 Å². The van der Waals surface area contributed by atoms with Crippen molar-refractivity contribution in [2.45, 2.75) is 31.4 Å². The highest BCUT2D eigenvalue weighted by Crippen LogP contribution is 2.41. The molecule has 0 bridgehead atoms. The van der Waals surface area contributed by atoms with E-state index in [1.807, 2.05) is 60.7 Å². The Morgan fingerprint density at radius 2 is 1.50 bits per heavy atom. The van der Waals surface area contributed by atoms with Gasteiger partial charge in [-0.2, -0.15) is 0 Å². The van der Waals surface area contributed by atoms with Gasteiger partial charge in [0.15, 0.2) is 17.6 Å². The van der Waals surface area contributed by atoms with E-state index in [0.29, 0.717) is 11.3 Å². The molecule has 5 rings (SSSR count). The number of fused-ring (bicyclic) bond motifs is 1. The number of ether oxygens (including phenoxy) is 4. The van der Waals surface area contributed by atoms with Crippen LogP contribution in [0.4, 0.5) is 0 Å². The van der Waals surface area contributed by atoms with E-state index in [1.54, 1.807) is 6.08 Å². The van der Waals surface area contributed by atoms with Gasteiger partial charge in [-0.1, -0.05) is 66.7 Å². The number of rotatable bonds is 10. The molecule has 3 aromatic carbocycles. The number of thioether (sulfide) groups is 1. The Hall–Kier alpha value is -5.20. The van der Waals surface area contributed by atoms with E-state index in [4.69, 9.17) is 24.7 Å². The van der Waals surface area contributed by atoms with Crippen LogP contribution >= 0.6 is 11.8 Å². The SMILES string of the molecule is CC(=O)Oc1ccc(C(=O)OC/C=C/C2=C(C(=O)OC(c3ccccc3)c3ccccc3)N3C(=O)C(N)C3SC2)cc1OC(C)=O. The largest absolute Gasteiger partial charge is 0.458 e. The Kier molecular flexibility index (Phi) is 9.99. The maximum atomic E-state index is 13.8. The van der Waals surface area contributed by atoms with E-state index >= 15 is 0 Å². The Morgan fingerprint density at radius 1 is 0.891 bits per heavy atom. The van der Waals surface area contributed by atoms with Gasteiger partial charge in [-0.05, 0) is 41.0 Å². The Morgan fingerprint density at radius 3 is 2.11 bits per heavy atom. The van der Waals surface area contributed by atoms with Crippen LogP contribution in [0.25, 0.3) is 0 Å². The van der Waals surface area contributed by atoms with E-state index < -0.39 is 47.3 Å². The lowest BCUT2D eigenvalue weighted by Crippen LogP contribution is -2.68. The van der Waals surface area contributed by atoms with E-state index in [2.05, 4.69) is 0 Å². The van der Waals surface area contributed by atoms with Crippen molar-refractivity contribution in [3.8, 4) is 11.5 Å². The fourth-order valence-corrected chi connectivity index (χ4v) is 6.18. The Labute approximate surface area is 268 Å². The van der Waals surface area contributed by atoms with Crippen LogP contribution in [0.1, 0.15) is 41.4 Å². The summed E-state index contributed by atoms with van der Waals surface area (Å²) in [5.41, 5.74) is 8.20. The van der Waals surface area contributed by atoms with E-state index in [0.717, 1.165) is 11.1 Å². The van der Waals surface area contributed by atoms with Crippen molar-refractivity contribution in [1.29, 1.82) is 0 Å². The van der Waals surface area contributed by atoms with Gasteiger partial charge in [0.05, 0.1) is 5.56 Å². The second kappa shape index (κ2) is 14.3. The van der Waals surface area contributed by atoms with Gasteiger partial charge in [-0.15, -0.1) is 11.8 Å². The minimum Gasteiger partial charge on any atom is -0.458 e. The summed E-state index contributed by atoms with van der Waals surface area (Å²) in [7, 11) is 0. The number of allylic oxidation sites excluding steroid dienone is 1. The molecule has 46 heavy (non-hydrogen) atoms. The molecule has 11 nitrogen and oxygen atoms in total.